The number of benzene rings is 2. The Bertz CT molecular complexity index is 540. The van der Waals surface area contributed by atoms with E-state index < -0.39 is 6.10 Å². The Balaban J connectivity index is 1.91. The highest BCUT2D eigenvalue weighted by Crippen LogP contribution is 2.21. The fourth-order valence-electron chi connectivity index (χ4n) is 2.38. The third kappa shape index (κ3) is 3.61. The first-order valence-electron chi connectivity index (χ1n) is 7.12. The van der Waals surface area contributed by atoms with E-state index in [4.69, 9.17) is 0 Å². The molecule has 2 aromatic rings. The maximum Gasteiger partial charge on any atom is 0.0806 e. The van der Waals surface area contributed by atoms with Crippen LogP contribution in [0.15, 0.2) is 42.5 Å². The topological polar surface area (TPSA) is 32.3 Å². The zero-order chi connectivity index (χ0) is 14.5. The number of aliphatic hydroxyl groups is 1. The van der Waals surface area contributed by atoms with E-state index in [0.717, 1.165) is 12.1 Å². The molecule has 0 aliphatic rings. The van der Waals surface area contributed by atoms with Crippen LogP contribution in [0.1, 0.15) is 34.8 Å². The first-order valence-corrected chi connectivity index (χ1v) is 7.12. The van der Waals surface area contributed by atoms with Crippen molar-refractivity contribution in [1.29, 1.82) is 0 Å². The second-order valence-corrected chi connectivity index (χ2v) is 5.41. The molecule has 0 saturated heterocycles. The number of hydrogen-bond donors (Lipinski definition) is 2. The lowest BCUT2D eigenvalue weighted by atomic mass is 10.0. The van der Waals surface area contributed by atoms with Gasteiger partial charge in [0, 0.05) is 12.2 Å². The molecule has 2 rings (SSSR count). The first-order chi connectivity index (χ1) is 9.58. The zero-order valence-corrected chi connectivity index (χ0v) is 12.5. The summed E-state index contributed by atoms with van der Waals surface area (Å²) < 4.78 is 0. The van der Waals surface area contributed by atoms with Crippen molar-refractivity contribution in [3.05, 3.63) is 64.7 Å². The van der Waals surface area contributed by atoms with E-state index in [1.807, 2.05) is 24.3 Å². The van der Waals surface area contributed by atoms with Crippen LogP contribution in [0.3, 0.4) is 0 Å². The Kier molecular flexibility index (Phi) is 4.80. The van der Waals surface area contributed by atoms with Crippen LogP contribution in [0.5, 0.6) is 0 Å². The molecule has 0 bridgehead atoms. The summed E-state index contributed by atoms with van der Waals surface area (Å²) in [6.45, 7) is 7.02. The summed E-state index contributed by atoms with van der Waals surface area (Å²) in [5.74, 6) is 0. The molecule has 0 aliphatic carbocycles. The normalized spacial score (nSPS) is 12.2. The van der Waals surface area contributed by atoms with Crippen LogP contribution in [0, 0.1) is 20.8 Å². The van der Waals surface area contributed by atoms with Crippen molar-refractivity contribution in [3.63, 3.8) is 0 Å². The number of hydrogen-bond acceptors (Lipinski definition) is 2. The van der Waals surface area contributed by atoms with Crippen LogP contribution in [0.2, 0.25) is 0 Å². The Morgan fingerprint density at radius 3 is 2.15 bits per heavy atom. The van der Waals surface area contributed by atoms with E-state index in [9.17, 15) is 5.11 Å². The second kappa shape index (κ2) is 6.58. The number of aliphatic hydroxyl groups excluding tert-OH is 1. The highest BCUT2D eigenvalue weighted by molar-refractivity contribution is 5.56. The van der Waals surface area contributed by atoms with E-state index in [1.165, 1.54) is 22.4 Å². The summed E-state index contributed by atoms with van der Waals surface area (Å²) in [7, 11) is 0. The smallest absolute Gasteiger partial charge is 0.0806 e. The van der Waals surface area contributed by atoms with Crippen LogP contribution in [-0.2, 0) is 0 Å². The van der Waals surface area contributed by atoms with Crippen molar-refractivity contribution >= 4 is 5.69 Å². The van der Waals surface area contributed by atoms with Gasteiger partial charge in [0.15, 0.2) is 0 Å². The fourth-order valence-corrected chi connectivity index (χ4v) is 2.38. The Labute approximate surface area is 121 Å². The molecular formula is C18H23NO. The molecule has 0 spiro atoms. The monoisotopic (exact) mass is 269 g/mol. The summed E-state index contributed by atoms with van der Waals surface area (Å²) in [6, 6.07) is 14.3. The molecule has 0 fully saturated rings. The molecule has 2 N–H and O–H groups in total. The molecule has 2 heteroatoms. The highest BCUT2D eigenvalue weighted by Gasteiger charge is 2.07. The van der Waals surface area contributed by atoms with Crippen molar-refractivity contribution in [2.24, 2.45) is 0 Å². The minimum absolute atomic E-state index is 0.410. The van der Waals surface area contributed by atoms with E-state index in [1.54, 1.807) is 0 Å². The van der Waals surface area contributed by atoms with E-state index >= 15 is 0 Å². The van der Waals surface area contributed by atoms with E-state index in [-0.39, 0.29) is 0 Å². The number of rotatable bonds is 5. The van der Waals surface area contributed by atoms with Gasteiger partial charge >= 0.3 is 0 Å². The molecule has 106 valence electrons. The molecule has 1 atom stereocenters. The number of anilines is 1. The lowest BCUT2D eigenvalue weighted by Crippen LogP contribution is -2.09. The average Bonchev–Trinajstić information content (AvgIpc) is 2.42. The molecule has 0 aromatic heterocycles. The van der Waals surface area contributed by atoms with Gasteiger partial charge in [0.2, 0.25) is 0 Å². The molecule has 0 radical (unpaired) electrons. The van der Waals surface area contributed by atoms with Crippen molar-refractivity contribution in [1.82, 2.24) is 0 Å². The third-order valence-corrected chi connectivity index (χ3v) is 3.66. The van der Waals surface area contributed by atoms with Crippen molar-refractivity contribution in [3.8, 4) is 0 Å². The summed E-state index contributed by atoms with van der Waals surface area (Å²) in [4.78, 5) is 0. The summed E-state index contributed by atoms with van der Waals surface area (Å²) in [5.41, 5.74) is 5.88. The maximum atomic E-state index is 10.2. The molecule has 0 heterocycles. The Morgan fingerprint density at radius 2 is 1.55 bits per heavy atom. The standard InChI is InChI=1S/C18H23NO/c1-13-7-9-16(10-8-13)17(20)11-12-19-18-14(2)5-4-6-15(18)3/h4-10,17,19-20H,11-12H2,1-3H3. The van der Waals surface area contributed by atoms with Gasteiger partial charge in [0.05, 0.1) is 6.10 Å². The lowest BCUT2D eigenvalue weighted by Gasteiger charge is -2.15. The first kappa shape index (κ1) is 14.6. The van der Waals surface area contributed by atoms with Gasteiger partial charge in [0.1, 0.15) is 0 Å². The van der Waals surface area contributed by atoms with Crippen LogP contribution in [0.4, 0.5) is 5.69 Å². The van der Waals surface area contributed by atoms with Crippen LogP contribution >= 0.6 is 0 Å². The highest BCUT2D eigenvalue weighted by atomic mass is 16.3. The second-order valence-electron chi connectivity index (χ2n) is 5.41. The molecule has 2 aromatic carbocycles. The fraction of sp³-hybridized carbons (Fsp3) is 0.333. The molecule has 1 unspecified atom stereocenters. The maximum absolute atomic E-state index is 10.2. The number of aryl methyl sites for hydroxylation is 3. The van der Waals surface area contributed by atoms with Crippen LogP contribution in [-0.4, -0.2) is 11.7 Å². The number of para-hydroxylation sites is 1. The van der Waals surface area contributed by atoms with Gasteiger partial charge in [-0.25, -0.2) is 0 Å². The predicted molar refractivity (Wildman–Crippen MR) is 85.2 cm³/mol. The minimum Gasteiger partial charge on any atom is -0.388 e. The van der Waals surface area contributed by atoms with Crippen molar-refractivity contribution in [2.45, 2.75) is 33.3 Å². The van der Waals surface area contributed by atoms with Gasteiger partial charge in [-0.05, 0) is 43.9 Å². The van der Waals surface area contributed by atoms with Gasteiger partial charge < -0.3 is 10.4 Å². The third-order valence-electron chi connectivity index (χ3n) is 3.66. The zero-order valence-electron chi connectivity index (χ0n) is 12.5. The SMILES string of the molecule is Cc1ccc(C(O)CCNc2c(C)cccc2C)cc1. The van der Waals surface area contributed by atoms with Gasteiger partial charge in [-0.1, -0.05) is 48.0 Å². The molecule has 20 heavy (non-hydrogen) atoms. The minimum atomic E-state index is -0.410. The Hall–Kier alpha value is -1.80. The van der Waals surface area contributed by atoms with E-state index in [2.05, 4.69) is 44.3 Å². The summed E-state index contributed by atoms with van der Waals surface area (Å²) in [6.07, 6.45) is 0.295. The largest absolute Gasteiger partial charge is 0.388 e. The molecule has 2 nitrogen and oxygen atoms in total. The van der Waals surface area contributed by atoms with Crippen molar-refractivity contribution in [2.75, 3.05) is 11.9 Å². The van der Waals surface area contributed by atoms with Crippen molar-refractivity contribution < 1.29 is 5.11 Å². The number of nitrogens with one attached hydrogen (secondary N) is 1. The Morgan fingerprint density at radius 1 is 0.950 bits per heavy atom. The quantitative estimate of drug-likeness (QED) is 0.854. The van der Waals surface area contributed by atoms with Gasteiger partial charge in [-0.3, -0.25) is 0 Å². The summed E-state index contributed by atoms with van der Waals surface area (Å²) in [5, 5.41) is 13.6. The molecule has 0 saturated carbocycles. The summed E-state index contributed by atoms with van der Waals surface area (Å²) >= 11 is 0. The van der Waals surface area contributed by atoms with Gasteiger partial charge in [0.25, 0.3) is 0 Å². The molecular weight excluding hydrogens is 246 g/mol. The van der Waals surface area contributed by atoms with Crippen LogP contribution in [0.25, 0.3) is 0 Å². The molecule has 0 amide bonds. The average molecular weight is 269 g/mol. The predicted octanol–water partition coefficient (Wildman–Crippen LogP) is 4.15. The van der Waals surface area contributed by atoms with Gasteiger partial charge in [-0.2, -0.15) is 0 Å². The van der Waals surface area contributed by atoms with Crippen LogP contribution < -0.4 is 5.32 Å². The lowest BCUT2D eigenvalue weighted by molar-refractivity contribution is 0.171. The molecule has 0 aliphatic heterocycles. The van der Waals surface area contributed by atoms with E-state index in [0.29, 0.717) is 6.42 Å². The van der Waals surface area contributed by atoms with Gasteiger partial charge in [-0.15, -0.1) is 0 Å².